The van der Waals surface area contributed by atoms with Gasteiger partial charge in [0.15, 0.2) is 5.60 Å². The van der Waals surface area contributed by atoms with Gasteiger partial charge in [-0.05, 0) is 45.1 Å². The molecule has 0 saturated carbocycles. The van der Waals surface area contributed by atoms with Crippen LogP contribution in [0.25, 0.3) is 0 Å². The van der Waals surface area contributed by atoms with Crippen molar-refractivity contribution in [1.29, 1.82) is 0 Å². The molecule has 1 radical (unpaired) electrons. The minimum atomic E-state index is -1.30. The molecule has 24 heavy (non-hydrogen) atoms. The normalized spacial score (nSPS) is 11.1. The summed E-state index contributed by atoms with van der Waals surface area (Å²) in [5.41, 5.74) is 5.09. The smallest absolute Gasteiger partial charge is 0.408 e. The zero-order valence-corrected chi connectivity index (χ0v) is 14.4. The van der Waals surface area contributed by atoms with Gasteiger partial charge in [-0.25, -0.2) is 4.79 Å². The number of ether oxygens (including phenoxy) is 2. The Balaban J connectivity index is 1.95. The van der Waals surface area contributed by atoms with Gasteiger partial charge in [-0.15, -0.1) is 0 Å². The summed E-state index contributed by atoms with van der Waals surface area (Å²) >= 11 is 0. The van der Waals surface area contributed by atoms with Crippen LogP contribution in [0.3, 0.4) is 0 Å². The van der Waals surface area contributed by atoms with Crippen molar-refractivity contribution in [3.05, 3.63) is 42.3 Å². The van der Waals surface area contributed by atoms with Gasteiger partial charge in [0.05, 0.1) is 6.61 Å². The molecule has 2 amide bonds. The Morgan fingerprint density at radius 2 is 1.96 bits per heavy atom. The Labute approximate surface area is 143 Å². The number of hydrogen-bond donors (Lipinski definition) is 2. The number of unbranched alkanes of at least 4 members (excludes halogenated alkanes) is 2. The molecule has 0 aliphatic carbocycles. The third kappa shape index (κ3) is 8.53. The average molecular weight is 335 g/mol. The fourth-order valence-corrected chi connectivity index (χ4v) is 1.84. The number of hydrogen-bond acceptors (Lipinski definition) is 4. The van der Waals surface area contributed by atoms with Crippen LogP contribution in [-0.2, 0) is 20.7 Å². The van der Waals surface area contributed by atoms with Crippen LogP contribution in [0.15, 0.2) is 30.3 Å². The summed E-state index contributed by atoms with van der Waals surface area (Å²) in [6.45, 7) is 4.65. The third-order valence-electron chi connectivity index (χ3n) is 3.41. The summed E-state index contributed by atoms with van der Waals surface area (Å²) in [6, 6.07) is 10.2. The maximum Gasteiger partial charge on any atom is 0.408 e. The Kier molecular flexibility index (Phi) is 8.86. The molecule has 0 aromatic heterocycles. The van der Waals surface area contributed by atoms with E-state index in [0.717, 1.165) is 19.3 Å². The summed E-state index contributed by atoms with van der Waals surface area (Å²) in [7, 11) is 0. The molecule has 0 aliphatic heterocycles. The van der Waals surface area contributed by atoms with Crippen molar-refractivity contribution in [2.24, 2.45) is 5.73 Å². The predicted octanol–water partition coefficient (Wildman–Crippen LogP) is 2.22. The number of nitrogens with two attached hydrogens (primary N) is 1. The van der Waals surface area contributed by atoms with Gasteiger partial charge >= 0.3 is 6.09 Å². The highest BCUT2D eigenvalue weighted by Gasteiger charge is 2.29. The molecule has 6 heteroatoms. The SMILES string of the molecule is CC(C)(OC(=O)NCCC[CH]COCCc1ccccc1)C(N)=O. The largest absolute Gasteiger partial charge is 0.433 e. The lowest BCUT2D eigenvalue weighted by Gasteiger charge is -2.21. The van der Waals surface area contributed by atoms with Gasteiger partial charge in [0.1, 0.15) is 0 Å². The summed E-state index contributed by atoms with van der Waals surface area (Å²) in [4.78, 5) is 22.5. The lowest BCUT2D eigenvalue weighted by molar-refractivity contribution is -0.133. The average Bonchev–Trinajstić information content (AvgIpc) is 2.53. The molecule has 0 spiro atoms. The van der Waals surface area contributed by atoms with E-state index in [2.05, 4.69) is 17.4 Å². The summed E-state index contributed by atoms with van der Waals surface area (Å²) < 4.78 is 10.5. The van der Waals surface area contributed by atoms with Crippen molar-refractivity contribution in [3.8, 4) is 0 Å². The van der Waals surface area contributed by atoms with Crippen molar-refractivity contribution >= 4 is 12.0 Å². The van der Waals surface area contributed by atoms with Crippen LogP contribution in [0.1, 0.15) is 32.3 Å². The molecular formula is C18H27N2O4. The van der Waals surface area contributed by atoms with Gasteiger partial charge in [0.2, 0.25) is 0 Å². The van der Waals surface area contributed by atoms with E-state index in [1.54, 1.807) is 0 Å². The van der Waals surface area contributed by atoms with E-state index in [0.29, 0.717) is 19.8 Å². The number of primary amides is 1. The molecule has 133 valence electrons. The number of carbonyl (C=O) groups is 2. The molecule has 1 aromatic carbocycles. The van der Waals surface area contributed by atoms with Crippen molar-refractivity contribution in [2.75, 3.05) is 19.8 Å². The molecule has 6 nitrogen and oxygen atoms in total. The molecule has 0 heterocycles. The van der Waals surface area contributed by atoms with Crippen molar-refractivity contribution in [2.45, 2.75) is 38.7 Å². The van der Waals surface area contributed by atoms with Gasteiger partial charge in [0, 0.05) is 13.2 Å². The van der Waals surface area contributed by atoms with E-state index >= 15 is 0 Å². The first kappa shape index (κ1) is 20.0. The topological polar surface area (TPSA) is 90.7 Å². The summed E-state index contributed by atoms with van der Waals surface area (Å²) in [6.07, 6.45) is 3.89. The minimum absolute atomic E-state index is 0.466. The number of alkyl carbamates (subject to hydrolysis) is 1. The first-order valence-electron chi connectivity index (χ1n) is 8.12. The zero-order chi connectivity index (χ0) is 17.8. The molecule has 1 rings (SSSR count). The number of carbonyl (C=O) groups excluding carboxylic acids is 2. The van der Waals surface area contributed by atoms with Crippen LogP contribution in [0.4, 0.5) is 4.79 Å². The van der Waals surface area contributed by atoms with Crippen LogP contribution in [0.2, 0.25) is 0 Å². The Morgan fingerprint density at radius 1 is 1.25 bits per heavy atom. The lowest BCUT2D eigenvalue weighted by Crippen LogP contribution is -2.44. The highest BCUT2D eigenvalue weighted by atomic mass is 16.6. The summed E-state index contributed by atoms with van der Waals surface area (Å²) in [5.74, 6) is -0.682. The number of benzene rings is 1. The molecule has 0 bridgehead atoms. The van der Waals surface area contributed by atoms with Crippen molar-refractivity contribution in [1.82, 2.24) is 5.32 Å². The molecule has 0 fully saturated rings. The van der Waals surface area contributed by atoms with E-state index in [1.807, 2.05) is 24.6 Å². The standard InChI is InChI=1S/C18H27N2O4/c1-18(2,16(19)21)24-17(22)20-12-7-4-8-13-23-14-11-15-9-5-3-6-10-15/h3,5-6,8-10H,4,7,11-14H2,1-2H3,(H2,19,21)(H,20,22). The molecule has 0 saturated heterocycles. The molecular weight excluding hydrogens is 308 g/mol. The van der Waals surface area contributed by atoms with Gasteiger partial charge in [-0.1, -0.05) is 30.3 Å². The molecule has 0 unspecified atom stereocenters. The van der Waals surface area contributed by atoms with Crippen LogP contribution < -0.4 is 11.1 Å². The first-order valence-corrected chi connectivity index (χ1v) is 8.12. The Hall–Kier alpha value is -2.08. The highest BCUT2D eigenvalue weighted by Crippen LogP contribution is 2.07. The van der Waals surface area contributed by atoms with Gasteiger partial charge in [0.25, 0.3) is 5.91 Å². The second-order valence-electron chi connectivity index (χ2n) is 5.93. The van der Waals surface area contributed by atoms with Crippen LogP contribution in [0.5, 0.6) is 0 Å². The first-order chi connectivity index (χ1) is 11.4. The predicted molar refractivity (Wildman–Crippen MR) is 92.3 cm³/mol. The summed E-state index contributed by atoms with van der Waals surface area (Å²) in [5, 5.41) is 2.59. The molecule has 3 N–H and O–H groups in total. The van der Waals surface area contributed by atoms with E-state index in [1.165, 1.54) is 19.4 Å². The maximum atomic E-state index is 11.5. The number of amides is 2. The minimum Gasteiger partial charge on any atom is -0.433 e. The number of nitrogens with one attached hydrogen (secondary N) is 1. The second-order valence-corrected chi connectivity index (χ2v) is 5.93. The van der Waals surface area contributed by atoms with E-state index in [4.69, 9.17) is 15.2 Å². The van der Waals surface area contributed by atoms with Gasteiger partial charge in [-0.2, -0.15) is 0 Å². The fourth-order valence-electron chi connectivity index (χ4n) is 1.84. The monoisotopic (exact) mass is 335 g/mol. The molecule has 0 aliphatic rings. The molecule has 0 atom stereocenters. The zero-order valence-electron chi connectivity index (χ0n) is 14.4. The van der Waals surface area contributed by atoms with Gasteiger partial charge in [-0.3, -0.25) is 4.79 Å². The van der Waals surface area contributed by atoms with Crippen LogP contribution in [0, 0.1) is 6.42 Å². The molecule has 1 aromatic rings. The second kappa shape index (κ2) is 10.6. The van der Waals surface area contributed by atoms with E-state index in [9.17, 15) is 9.59 Å². The Bertz CT molecular complexity index is 503. The quantitative estimate of drug-likeness (QED) is 0.607. The number of rotatable bonds is 11. The van der Waals surface area contributed by atoms with Gasteiger partial charge < -0.3 is 20.5 Å². The Morgan fingerprint density at radius 3 is 2.62 bits per heavy atom. The van der Waals surface area contributed by atoms with Crippen molar-refractivity contribution < 1.29 is 19.1 Å². The van der Waals surface area contributed by atoms with E-state index < -0.39 is 17.6 Å². The van der Waals surface area contributed by atoms with E-state index in [-0.39, 0.29) is 0 Å². The fraction of sp³-hybridized carbons (Fsp3) is 0.500. The van der Waals surface area contributed by atoms with Crippen molar-refractivity contribution in [3.63, 3.8) is 0 Å². The maximum absolute atomic E-state index is 11.5. The van der Waals surface area contributed by atoms with Crippen LogP contribution >= 0.6 is 0 Å². The lowest BCUT2D eigenvalue weighted by atomic mass is 10.1. The third-order valence-corrected chi connectivity index (χ3v) is 3.41. The highest BCUT2D eigenvalue weighted by molar-refractivity contribution is 5.85. The van der Waals surface area contributed by atoms with Crippen LogP contribution in [-0.4, -0.2) is 37.4 Å².